The van der Waals surface area contributed by atoms with Gasteiger partial charge in [-0.25, -0.2) is 0 Å². The Morgan fingerprint density at radius 2 is 1.00 bits per heavy atom. The lowest BCUT2D eigenvalue weighted by molar-refractivity contribution is 0.668. The number of rotatable bonds is 0. The molecule has 5 aromatic carbocycles. The fourth-order valence-corrected chi connectivity index (χ4v) is 4.66. The largest absolute Gasteiger partial charge is 0.455 e. The van der Waals surface area contributed by atoms with Crippen molar-refractivity contribution in [1.29, 1.82) is 0 Å². The van der Waals surface area contributed by atoms with Crippen LogP contribution in [0, 0.1) is 0 Å². The van der Waals surface area contributed by atoms with Gasteiger partial charge in [0, 0.05) is 32.3 Å². The second-order valence-corrected chi connectivity index (χ2v) is 7.31. The number of hydrogen-bond acceptors (Lipinski definition) is 2. The lowest BCUT2D eigenvalue weighted by Gasteiger charge is -2.02. The van der Waals surface area contributed by atoms with Gasteiger partial charge in [0.2, 0.25) is 0 Å². The molecule has 2 aromatic heterocycles. The Morgan fingerprint density at radius 1 is 0.393 bits per heavy atom. The quantitative estimate of drug-likeness (QED) is 0.276. The SMILES string of the molecule is c1ccc2c(c1)ccc1oc3c4ccccc4c4oc5ccccc5c4c3c12. The highest BCUT2D eigenvalue weighted by Crippen LogP contribution is 2.46. The van der Waals surface area contributed by atoms with Crippen LogP contribution in [0.1, 0.15) is 0 Å². The predicted octanol–water partition coefficient (Wildman–Crippen LogP) is 7.79. The fraction of sp³-hybridized carbons (Fsp3) is 0. The van der Waals surface area contributed by atoms with Crippen LogP contribution in [0.15, 0.2) is 93.8 Å². The molecule has 130 valence electrons. The monoisotopic (exact) mass is 358 g/mol. The minimum absolute atomic E-state index is 0.907. The molecule has 28 heavy (non-hydrogen) atoms. The van der Waals surface area contributed by atoms with Gasteiger partial charge in [-0.1, -0.05) is 72.8 Å². The number of hydrogen-bond donors (Lipinski definition) is 0. The van der Waals surface area contributed by atoms with Crippen molar-refractivity contribution in [2.24, 2.45) is 0 Å². The first kappa shape index (κ1) is 14.3. The molecule has 0 N–H and O–H groups in total. The topological polar surface area (TPSA) is 26.3 Å². The summed E-state index contributed by atoms with van der Waals surface area (Å²) in [6.07, 6.45) is 0. The highest BCUT2D eigenvalue weighted by molar-refractivity contribution is 6.37. The second-order valence-electron chi connectivity index (χ2n) is 7.31. The van der Waals surface area contributed by atoms with Crippen LogP contribution in [0.5, 0.6) is 0 Å². The summed E-state index contributed by atoms with van der Waals surface area (Å²) in [5.41, 5.74) is 3.68. The zero-order valence-corrected chi connectivity index (χ0v) is 14.9. The standard InChI is InChI=1S/C26H14O2/c1-2-8-16-15(7-1)13-14-21-22(16)24-23-19-11-5-6-12-20(19)27-25(23)17-9-3-4-10-18(17)26(24)28-21/h1-14H. The maximum absolute atomic E-state index is 6.46. The van der Waals surface area contributed by atoms with Crippen molar-refractivity contribution in [3.8, 4) is 0 Å². The highest BCUT2D eigenvalue weighted by Gasteiger charge is 2.21. The van der Waals surface area contributed by atoms with E-state index < -0.39 is 0 Å². The van der Waals surface area contributed by atoms with E-state index in [-0.39, 0.29) is 0 Å². The van der Waals surface area contributed by atoms with Crippen LogP contribution in [-0.4, -0.2) is 0 Å². The first-order valence-corrected chi connectivity index (χ1v) is 9.46. The van der Waals surface area contributed by atoms with Crippen molar-refractivity contribution in [2.75, 3.05) is 0 Å². The molecule has 0 aliphatic carbocycles. The van der Waals surface area contributed by atoms with Gasteiger partial charge in [0.15, 0.2) is 0 Å². The van der Waals surface area contributed by atoms with E-state index >= 15 is 0 Å². The fourth-order valence-electron chi connectivity index (χ4n) is 4.66. The molecule has 0 atom stereocenters. The molecular weight excluding hydrogens is 344 g/mol. The van der Waals surface area contributed by atoms with Crippen LogP contribution in [-0.2, 0) is 0 Å². The minimum Gasteiger partial charge on any atom is -0.455 e. The number of fused-ring (bicyclic) bond motifs is 12. The Hall–Kier alpha value is -3.78. The van der Waals surface area contributed by atoms with E-state index in [0.717, 1.165) is 54.6 Å². The van der Waals surface area contributed by atoms with E-state index in [9.17, 15) is 0 Å². The van der Waals surface area contributed by atoms with Gasteiger partial charge in [-0.2, -0.15) is 0 Å². The molecule has 0 unspecified atom stereocenters. The molecule has 7 rings (SSSR count). The van der Waals surface area contributed by atoms with Crippen molar-refractivity contribution < 1.29 is 8.83 Å². The van der Waals surface area contributed by atoms with Crippen LogP contribution in [0.4, 0.5) is 0 Å². The maximum Gasteiger partial charge on any atom is 0.144 e. The third kappa shape index (κ3) is 1.64. The summed E-state index contributed by atoms with van der Waals surface area (Å²) < 4.78 is 12.8. The van der Waals surface area contributed by atoms with Crippen molar-refractivity contribution in [3.05, 3.63) is 84.9 Å². The molecule has 0 aliphatic rings. The van der Waals surface area contributed by atoms with Crippen molar-refractivity contribution in [1.82, 2.24) is 0 Å². The van der Waals surface area contributed by atoms with Gasteiger partial charge in [0.05, 0.1) is 0 Å². The molecule has 0 amide bonds. The van der Waals surface area contributed by atoms with Gasteiger partial charge in [0.1, 0.15) is 22.3 Å². The summed E-state index contributed by atoms with van der Waals surface area (Å²) in [7, 11) is 0. The van der Waals surface area contributed by atoms with Gasteiger partial charge in [0.25, 0.3) is 0 Å². The van der Waals surface area contributed by atoms with Crippen LogP contribution in [0.3, 0.4) is 0 Å². The lowest BCUT2D eigenvalue weighted by atomic mass is 9.97. The molecule has 0 radical (unpaired) electrons. The van der Waals surface area contributed by atoms with E-state index in [0.29, 0.717) is 0 Å². The Balaban J connectivity index is 1.94. The summed E-state index contributed by atoms with van der Waals surface area (Å²) in [6.45, 7) is 0. The Kier molecular flexibility index (Phi) is 2.52. The van der Waals surface area contributed by atoms with E-state index in [1.54, 1.807) is 0 Å². The molecule has 7 aromatic rings. The molecule has 2 heteroatoms. The molecule has 2 nitrogen and oxygen atoms in total. The average molecular weight is 358 g/mol. The third-order valence-electron chi connectivity index (χ3n) is 5.84. The van der Waals surface area contributed by atoms with E-state index in [2.05, 4.69) is 72.8 Å². The van der Waals surface area contributed by atoms with Crippen LogP contribution >= 0.6 is 0 Å². The number of furan rings is 2. The normalized spacial score (nSPS) is 12.3. The molecule has 0 aliphatic heterocycles. The van der Waals surface area contributed by atoms with E-state index in [4.69, 9.17) is 8.83 Å². The summed E-state index contributed by atoms with van der Waals surface area (Å²) in [4.78, 5) is 0. The van der Waals surface area contributed by atoms with Crippen LogP contribution in [0.25, 0.3) is 65.4 Å². The summed E-state index contributed by atoms with van der Waals surface area (Å²) in [5.74, 6) is 0. The zero-order valence-electron chi connectivity index (χ0n) is 14.9. The zero-order chi connectivity index (χ0) is 18.2. The lowest BCUT2D eigenvalue weighted by Crippen LogP contribution is -1.78. The number of para-hydroxylation sites is 1. The molecule has 0 spiro atoms. The van der Waals surface area contributed by atoms with Crippen molar-refractivity contribution in [2.45, 2.75) is 0 Å². The molecule has 0 fully saturated rings. The average Bonchev–Trinajstić information content (AvgIpc) is 3.33. The van der Waals surface area contributed by atoms with Gasteiger partial charge < -0.3 is 8.83 Å². The second kappa shape index (κ2) is 4.93. The van der Waals surface area contributed by atoms with Gasteiger partial charge >= 0.3 is 0 Å². The minimum atomic E-state index is 0.907. The summed E-state index contributed by atoms with van der Waals surface area (Å²) >= 11 is 0. The first-order valence-electron chi connectivity index (χ1n) is 9.46. The van der Waals surface area contributed by atoms with E-state index in [1.165, 1.54) is 10.8 Å². The van der Waals surface area contributed by atoms with E-state index in [1.807, 2.05) is 12.1 Å². The number of benzene rings is 5. The molecule has 0 bridgehead atoms. The predicted molar refractivity (Wildman–Crippen MR) is 116 cm³/mol. The molecule has 0 saturated carbocycles. The van der Waals surface area contributed by atoms with Gasteiger partial charge in [-0.15, -0.1) is 0 Å². The Morgan fingerprint density at radius 3 is 1.82 bits per heavy atom. The van der Waals surface area contributed by atoms with Crippen molar-refractivity contribution in [3.63, 3.8) is 0 Å². The summed E-state index contributed by atoms with van der Waals surface area (Å²) in [6, 6.07) is 29.3. The van der Waals surface area contributed by atoms with Crippen molar-refractivity contribution >= 4 is 65.4 Å². The Labute approximate surface area is 159 Å². The highest BCUT2D eigenvalue weighted by atomic mass is 16.3. The smallest absolute Gasteiger partial charge is 0.144 e. The van der Waals surface area contributed by atoms with Crippen LogP contribution < -0.4 is 0 Å². The third-order valence-corrected chi connectivity index (χ3v) is 5.84. The maximum atomic E-state index is 6.46. The first-order chi connectivity index (χ1) is 13.9. The summed E-state index contributed by atoms with van der Waals surface area (Å²) in [5, 5.41) is 9.17. The van der Waals surface area contributed by atoms with Gasteiger partial charge in [-0.3, -0.25) is 0 Å². The van der Waals surface area contributed by atoms with Crippen LogP contribution in [0.2, 0.25) is 0 Å². The Bertz CT molecular complexity index is 1710. The molecule has 0 saturated heterocycles. The molecule has 2 heterocycles. The molecular formula is C26H14O2. The van der Waals surface area contributed by atoms with Gasteiger partial charge in [-0.05, 0) is 22.9 Å².